The molecule has 0 aromatic rings. The van der Waals surface area contributed by atoms with Gasteiger partial charge in [0.05, 0.1) is 17.3 Å². The van der Waals surface area contributed by atoms with E-state index >= 15 is 0 Å². The van der Waals surface area contributed by atoms with Crippen molar-refractivity contribution in [2.75, 3.05) is 0 Å². The summed E-state index contributed by atoms with van der Waals surface area (Å²) in [6, 6.07) is 0. The van der Waals surface area contributed by atoms with Crippen molar-refractivity contribution in [3.8, 4) is 0 Å². The molecule has 4 saturated carbocycles. The second-order valence-corrected chi connectivity index (χ2v) is 11.7. The monoisotopic (exact) mass is 502 g/mol. The van der Waals surface area contributed by atoms with Crippen LogP contribution in [0.2, 0.25) is 0 Å². The molecule has 98 valence electrons. The van der Waals surface area contributed by atoms with E-state index in [1.165, 1.54) is 0 Å². The van der Waals surface area contributed by atoms with Gasteiger partial charge in [0, 0.05) is 11.8 Å². The number of halogens is 4. The fourth-order valence-electron chi connectivity index (χ4n) is 4.84. The third-order valence-electron chi connectivity index (χ3n) is 5.52. The lowest BCUT2D eigenvalue weighted by Crippen LogP contribution is -2.42. The van der Waals surface area contributed by atoms with Gasteiger partial charge in [0.1, 0.15) is 0 Å². The molecule has 0 heterocycles. The molecule has 4 fully saturated rings. The molecule has 0 aromatic heterocycles. The Balaban J connectivity index is 2.04. The highest BCUT2D eigenvalue weighted by Crippen LogP contribution is 2.78. The average molecular weight is 506 g/mol. The molecule has 0 amide bonds. The lowest BCUT2D eigenvalue weighted by atomic mass is 9.89. The molecule has 2 nitrogen and oxygen atoms in total. The van der Waals surface area contributed by atoms with Crippen molar-refractivity contribution >= 4 is 75.3 Å². The fraction of sp³-hybridized carbons (Fsp3) is 0.833. The van der Waals surface area contributed by atoms with Crippen LogP contribution < -0.4 is 0 Å². The first-order valence-electron chi connectivity index (χ1n) is 6.07. The van der Waals surface area contributed by atoms with Crippen LogP contribution in [-0.4, -0.2) is 28.9 Å². The summed E-state index contributed by atoms with van der Waals surface area (Å²) in [4.78, 5) is 25.6. The maximum Gasteiger partial charge on any atom is 0.166 e. The molecule has 4 rings (SSSR count). The van der Waals surface area contributed by atoms with E-state index in [2.05, 4.69) is 63.7 Å². The minimum absolute atomic E-state index is 0.0613. The predicted octanol–water partition coefficient (Wildman–Crippen LogP) is 3.51. The van der Waals surface area contributed by atoms with E-state index in [4.69, 9.17) is 0 Å². The van der Waals surface area contributed by atoms with Gasteiger partial charge in [0.2, 0.25) is 0 Å². The summed E-state index contributed by atoms with van der Waals surface area (Å²) in [6.07, 6.45) is 3.00. The van der Waals surface area contributed by atoms with Crippen LogP contribution in [0.3, 0.4) is 0 Å². The molecule has 0 bridgehead atoms. The van der Waals surface area contributed by atoms with Crippen LogP contribution in [-0.2, 0) is 9.59 Å². The SMILES string of the molecule is O=C1[C@]2(Br)CC[C@]3(Br)C(=O)[C@]4(Br)CC[C@@]1(Br)C4C23. The topological polar surface area (TPSA) is 34.1 Å². The second-order valence-electron chi connectivity index (χ2n) is 6.06. The summed E-state index contributed by atoms with van der Waals surface area (Å²) < 4.78 is -2.07. The van der Waals surface area contributed by atoms with Crippen molar-refractivity contribution < 1.29 is 9.59 Å². The zero-order valence-electron chi connectivity index (χ0n) is 9.31. The molecule has 0 radical (unpaired) electrons. The maximum atomic E-state index is 12.8. The number of Topliss-reactive ketones (excluding diaryl/α,β-unsaturated/α-hetero) is 2. The van der Waals surface area contributed by atoms with Crippen molar-refractivity contribution in [3.05, 3.63) is 0 Å². The average Bonchev–Trinajstić information content (AvgIpc) is 2.86. The summed E-state index contributed by atoms with van der Waals surface area (Å²) >= 11 is 14.8. The van der Waals surface area contributed by atoms with Crippen LogP contribution in [0, 0.1) is 11.8 Å². The highest BCUT2D eigenvalue weighted by molar-refractivity contribution is 9.12. The Hall–Kier alpha value is 1.26. The van der Waals surface area contributed by atoms with Crippen molar-refractivity contribution in [1.82, 2.24) is 0 Å². The predicted molar refractivity (Wildman–Crippen MR) is 82.1 cm³/mol. The van der Waals surface area contributed by atoms with Crippen LogP contribution >= 0.6 is 63.7 Å². The van der Waals surface area contributed by atoms with Crippen LogP contribution in [0.15, 0.2) is 0 Å². The number of carbonyl (C=O) groups excluding carboxylic acids is 2. The Kier molecular flexibility index (Phi) is 2.30. The van der Waals surface area contributed by atoms with E-state index in [0.29, 0.717) is 0 Å². The first kappa shape index (κ1) is 13.0. The second kappa shape index (κ2) is 3.20. The molecule has 2 unspecified atom stereocenters. The number of alkyl halides is 4. The van der Waals surface area contributed by atoms with Crippen LogP contribution in [0.25, 0.3) is 0 Å². The molecule has 4 aliphatic rings. The largest absolute Gasteiger partial charge is 0.297 e. The van der Waals surface area contributed by atoms with Gasteiger partial charge in [-0.1, -0.05) is 63.7 Å². The number of hydrogen-bond acceptors (Lipinski definition) is 2. The Morgan fingerprint density at radius 2 is 0.889 bits per heavy atom. The Labute approximate surface area is 139 Å². The Morgan fingerprint density at radius 1 is 0.667 bits per heavy atom. The van der Waals surface area contributed by atoms with Gasteiger partial charge in [-0.15, -0.1) is 0 Å². The standard InChI is InChI=1S/C12H10Br4O2/c13-9-1-2-10(14)5(9)6-11(15,7(9)17)3-4-12(6,16)8(10)18/h5-6H,1-4H2/t5?,6?,9-,10+,11+,12-. The molecule has 0 N–H and O–H groups in total. The third kappa shape index (κ3) is 1.01. The zero-order valence-corrected chi connectivity index (χ0v) is 15.7. The number of ketones is 2. The van der Waals surface area contributed by atoms with Crippen LogP contribution in [0.4, 0.5) is 0 Å². The third-order valence-corrected chi connectivity index (χ3v) is 10.5. The molecule has 0 spiro atoms. The van der Waals surface area contributed by atoms with Crippen molar-refractivity contribution in [1.29, 1.82) is 0 Å². The quantitative estimate of drug-likeness (QED) is 0.472. The highest BCUT2D eigenvalue weighted by Gasteiger charge is 2.86. The molecular formula is C12H10Br4O2. The maximum absolute atomic E-state index is 12.8. The molecule has 6 atom stereocenters. The number of rotatable bonds is 0. The van der Waals surface area contributed by atoms with Crippen molar-refractivity contribution in [3.63, 3.8) is 0 Å². The fourth-order valence-corrected chi connectivity index (χ4v) is 10.8. The van der Waals surface area contributed by atoms with E-state index in [0.717, 1.165) is 25.7 Å². The molecule has 0 aromatic carbocycles. The smallest absolute Gasteiger partial charge is 0.166 e. The normalized spacial score (nSPS) is 64.9. The minimum atomic E-state index is -0.518. The summed E-state index contributed by atoms with van der Waals surface area (Å²) in [5, 5.41) is 0. The van der Waals surface area contributed by atoms with E-state index in [1.807, 2.05) is 0 Å². The summed E-state index contributed by atoms with van der Waals surface area (Å²) in [6.45, 7) is 0. The lowest BCUT2D eigenvalue weighted by Gasteiger charge is -2.26. The van der Waals surface area contributed by atoms with E-state index in [1.54, 1.807) is 0 Å². The molecule has 0 saturated heterocycles. The highest BCUT2D eigenvalue weighted by atomic mass is 79.9. The van der Waals surface area contributed by atoms with Gasteiger partial charge in [-0.25, -0.2) is 0 Å². The number of carbonyl (C=O) groups is 2. The van der Waals surface area contributed by atoms with Gasteiger partial charge in [0.15, 0.2) is 11.6 Å². The van der Waals surface area contributed by atoms with E-state index in [9.17, 15) is 9.59 Å². The van der Waals surface area contributed by atoms with Gasteiger partial charge in [-0.05, 0) is 25.7 Å². The van der Waals surface area contributed by atoms with E-state index in [-0.39, 0.29) is 23.4 Å². The molecule has 4 aliphatic carbocycles. The molecule has 18 heavy (non-hydrogen) atoms. The van der Waals surface area contributed by atoms with Crippen LogP contribution in [0.5, 0.6) is 0 Å². The van der Waals surface area contributed by atoms with Crippen LogP contribution in [0.1, 0.15) is 25.7 Å². The van der Waals surface area contributed by atoms with Gasteiger partial charge < -0.3 is 0 Å². The molecule has 0 aliphatic heterocycles. The van der Waals surface area contributed by atoms with Gasteiger partial charge >= 0.3 is 0 Å². The summed E-state index contributed by atoms with van der Waals surface area (Å²) in [7, 11) is 0. The van der Waals surface area contributed by atoms with Gasteiger partial charge in [0.25, 0.3) is 0 Å². The van der Waals surface area contributed by atoms with E-state index < -0.39 is 17.3 Å². The van der Waals surface area contributed by atoms with Crippen molar-refractivity contribution in [2.45, 2.75) is 43.0 Å². The summed E-state index contributed by atoms with van der Waals surface area (Å²) in [5.74, 6) is 0.623. The Morgan fingerprint density at radius 3 is 1.11 bits per heavy atom. The van der Waals surface area contributed by atoms with Gasteiger partial charge in [-0.2, -0.15) is 0 Å². The minimum Gasteiger partial charge on any atom is -0.297 e. The molecular weight excluding hydrogens is 496 g/mol. The Bertz CT molecular complexity index is 436. The van der Waals surface area contributed by atoms with Crippen molar-refractivity contribution in [2.24, 2.45) is 11.8 Å². The zero-order chi connectivity index (χ0) is 13.1. The first-order valence-corrected chi connectivity index (χ1v) is 9.24. The summed E-state index contributed by atoms with van der Waals surface area (Å²) in [5.41, 5.74) is 0. The first-order chi connectivity index (χ1) is 8.21. The van der Waals surface area contributed by atoms with Gasteiger partial charge in [-0.3, -0.25) is 9.59 Å². The number of hydrogen-bond donors (Lipinski definition) is 0. The molecule has 6 heteroatoms. The lowest BCUT2D eigenvalue weighted by molar-refractivity contribution is -0.122.